The van der Waals surface area contributed by atoms with Crippen molar-refractivity contribution in [3.63, 3.8) is 0 Å². The van der Waals surface area contributed by atoms with Crippen LogP contribution in [0, 0.1) is 0 Å². The molecule has 1 aromatic carbocycles. The summed E-state index contributed by atoms with van der Waals surface area (Å²) in [7, 11) is 0. The normalized spacial score (nSPS) is 10.2. The Morgan fingerprint density at radius 1 is 1.41 bits per heavy atom. The van der Waals surface area contributed by atoms with Crippen LogP contribution in [0.2, 0.25) is 5.02 Å². The Kier molecular flexibility index (Phi) is 3.66. The van der Waals surface area contributed by atoms with Crippen LogP contribution < -0.4 is 11.1 Å². The summed E-state index contributed by atoms with van der Waals surface area (Å²) in [5, 5.41) is 5.08. The van der Waals surface area contributed by atoms with E-state index >= 15 is 0 Å². The predicted molar refractivity (Wildman–Crippen MR) is 71.4 cm³/mol. The maximum Gasteiger partial charge on any atom is 0.263 e. The van der Waals surface area contributed by atoms with Crippen LogP contribution in [0.5, 0.6) is 0 Å². The maximum atomic E-state index is 11.8. The Morgan fingerprint density at radius 2 is 2.24 bits per heavy atom. The molecule has 3 N–H and O–H groups in total. The number of carbonyl (C=O) groups is 1. The van der Waals surface area contributed by atoms with Crippen molar-refractivity contribution in [2.45, 2.75) is 6.54 Å². The van der Waals surface area contributed by atoms with Crippen LogP contribution in [-0.4, -0.2) is 5.91 Å². The number of halogens is 1. The van der Waals surface area contributed by atoms with Gasteiger partial charge >= 0.3 is 0 Å². The molecular weight excluding hydrogens is 256 g/mol. The van der Waals surface area contributed by atoms with Gasteiger partial charge in [-0.25, -0.2) is 0 Å². The molecule has 0 aliphatic carbocycles. The van der Waals surface area contributed by atoms with Gasteiger partial charge < -0.3 is 11.1 Å². The lowest BCUT2D eigenvalue weighted by Gasteiger charge is -2.05. The fourth-order valence-electron chi connectivity index (χ4n) is 1.42. The summed E-state index contributed by atoms with van der Waals surface area (Å²) in [6, 6.07) is 9.11. The van der Waals surface area contributed by atoms with Crippen molar-refractivity contribution in [2.24, 2.45) is 0 Å². The summed E-state index contributed by atoms with van der Waals surface area (Å²) in [4.78, 5) is 12.3. The van der Waals surface area contributed by atoms with Gasteiger partial charge in [0.05, 0.1) is 5.02 Å². The fourth-order valence-corrected chi connectivity index (χ4v) is 2.48. The minimum Gasteiger partial charge on any atom is -0.399 e. The smallest absolute Gasteiger partial charge is 0.263 e. The number of benzene rings is 1. The zero-order valence-electron chi connectivity index (χ0n) is 8.94. The van der Waals surface area contributed by atoms with Crippen molar-refractivity contribution >= 4 is 34.5 Å². The molecule has 0 atom stereocenters. The van der Waals surface area contributed by atoms with Crippen LogP contribution in [0.1, 0.15) is 15.2 Å². The van der Waals surface area contributed by atoms with Gasteiger partial charge in [0.15, 0.2) is 0 Å². The van der Waals surface area contributed by atoms with Crippen LogP contribution >= 0.6 is 22.9 Å². The molecule has 1 amide bonds. The number of rotatable bonds is 3. The molecule has 0 aliphatic heterocycles. The van der Waals surface area contributed by atoms with Gasteiger partial charge in [-0.1, -0.05) is 23.7 Å². The van der Waals surface area contributed by atoms with Crippen molar-refractivity contribution in [2.75, 3.05) is 5.73 Å². The highest BCUT2D eigenvalue weighted by Crippen LogP contribution is 2.21. The summed E-state index contributed by atoms with van der Waals surface area (Å²) in [5.74, 6) is -0.160. The highest BCUT2D eigenvalue weighted by Gasteiger charge is 2.10. The van der Waals surface area contributed by atoms with E-state index in [0.717, 1.165) is 5.56 Å². The van der Waals surface area contributed by atoms with E-state index in [9.17, 15) is 4.79 Å². The van der Waals surface area contributed by atoms with Crippen LogP contribution in [0.25, 0.3) is 0 Å². The second-order valence-corrected chi connectivity index (χ2v) is 4.85. The van der Waals surface area contributed by atoms with Gasteiger partial charge in [0, 0.05) is 12.2 Å². The molecule has 0 fully saturated rings. The number of nitrogens with two attached hydrogens (primary N) is 1. The Morgan fingerprint density at radius 3 is 2.88 bits per heavy atom. The molecule has 1 heterocycles. The second-order valence-electron chi connectivity index (χ2n) is 3.53. The lowest BCUT2D eigenvalue weighted by atomic mass is 10.2. The topological polar surface area (TPSA) is 55.1 Å². The van der Waals surface area contributed by atoms with Crippen molar-refractivity contribution < 1.29 is 4.79 Å². The van der Waals surface area contributed by atoms with Crippen molar-refractivity contribution in [1.29, 1.82) is 0 Å². The summed E-state index contributed by atoms with van der Waals surface area (Å²) in [5.41, 5.74) is 7.30. The van der Waals surface area contributed by atoms with E-state index in [1.807, 2.05) is 24.3 Å². The molecule has 1 aromatic heterocycles. The van der Waals surface area contributed by atoms with Crippen LogP contribution in [-0.2, 0) is 6.54 Å². The molecular formula is C12H11ClN2OS. The van der Waals surface area contributed by atoms with Gasteiger partial charge in [-0.3, -0.25) is 4.79 Å². The first kappa shape index (κ1) is 12.0. The lowest BCUT2D eigenvalue weighted by molar-refractivity contribution is 0.0955. The Labute approximate surface area is 108 Å². The third-order valence-electron chi connectivity index (χ3n) is 2.23. The van der Waals surface area contributed by atoms with E-state index < -0.39 is 0 Å². The second kappa shape index (κ2) is 5.21. The summed E-state index contributed by atoms with van der Waals surface area (Å²) >= 11 is 7.20. The quantitative estimate of drug-likeness (QED) is 0.840. The standard InChI is InChI=1S/C12H11ClN2OS/c13-10-4-5-17-11(10)12(16)15-7-8-2-1-3-9(14)6-8/h1-6H,7,14H2,(H,15,16). The average Bonchev–Trinajstić information content (AvgIpc) is 2.72. The number of hydrogen-bond acceptors (Lipinski definition) is 3. The van der Waals surface area contributed by atoms with Gasteiger partial charge in [0.2, 0.25) is 0 Å². The molecule has 0 saturated heterocycles. The molecule has 0 saturated carbocycles. The van der Waals surface area contributed by atoms with E-state index in [1.165, 1.54) is 11.3 Å². The molecule has 0 spiro atoms. The third kappa shape index (κ3) is 2.99. The van der Waals surface area contributed by atoms with E-state index in [0.29, 0.717) is 22.1 Å². The van der Waals surface area contributed by atoms with Crippen molar-refractivity contribution in [1.82, 2.24) is 5.32 Å². The SMILES string of the molecule is Nc1cccc(CNC(=O)c2sccc2Cl)c1. The van der Waals surface area contributed by atoms with E-state index in [1.54, 1.807) is 11.4 Å². The molecule has 88 valence electrons. The lowest BCUT2D eigenvalue weighted by Crippen LogP contribution is -2.22. The average molecular weight is 267 g/mol. The zero-order chi connectivity index (χ0) is 12.3. The highest BCUT2D eigenvalue weighted by molar-refractivity contribution is 7.12. The van der Waals surface area contributed by atoms with E-state index in [4.69, 9.17) is 17.3 Å². The fraction of sp³-hybridized carbons (Fsp3) is 0.0833. The Hall–Kier alpha value is -1.52. The van der Waals surface area contributed by atoms with Gasteiger partial charge in [-0.2, -0.15) is 0 Å². The van der Waals surface area contributed by atoms with Crippen molar-refractivity contribution in [3.8, 4) is 0 Å². The number of nitrogen functional groups attached to an aromatic ring is 1. The number of thiophene rings is 1. The van der Waals surface area contributed by atoms with E-state index in [2.05, 4.69) is 5.32 Å². The first-order valence-corrected chi connectivity index (χ1v) is 6.28. The maximum absolute atomic E-state index is 11.8. The van der Waals surface area contributed by atoms with Crippen molar-refractivity contribution in [3.05, 3.63) is 51.2 Å². The van der Waals surface area contributed by atoms with Gasteiger partial charge in [-0.05, 0) is 29.1 Å². The molecule has 5 heteroatoms. The van der Waals surface area contributed by atoms with Gasteiger partial charge in [0.25, 0.3) is 5.91 Å². The number of carbonyl (C=O) groups excluding carboxylic acids is 1. The molecule has 2 rings (SSSR count). The molecule has 0 radical (unpaired) electrons. The van der Waals surface area contributed by atoms with Gasteiger partial charge in [-0.15, -0.1) is 11.3 Å². The number of amides is 1. The van der Waals surface area contributed by atoms with Crippen LogP contribution in [0.4, 0.5) is 5.69 Å². The van der Waals surface area contributed by atoms with E-state index in [-0.39, 0.29) is 5.91 Å². The molecule has 17 heavy (non-hydrogen) atoms. The Bertz CT molecular complexity index is 539. The molecule has 0 bridgehead atoms. The molecule has 2 aromatic rings. The number of hydrogen-bond donors (Lipinski definition) is 2. The third-order valence-corrected chi connectivity index (χ3v) is 3.57. The summed E-state index contributed by atoms with van der Waals surface area (Å²) in [6.45, 7) is 0.443. The highest BCUT2D eigenvalue weighted by atomic mass is 35.5. The summed E-state index contributed by atoms with van der Waals surface area (Å²) in [6.07, 6.45) is 0. The number of anilines is 1. The summed E-state index contributed by atoms with van der Waals surface area (Å²) < 4.78 is 0. The first-order chi connectivity index (χ1) is 8.16. The zero-order valence-corrected chi connectivity index (χ0v) is 10.5. The minimum atomic E-state index is -0.160. The monoisotopic (exact) mass is 266 g/mol. The molecule has 3 nitrogen and oxygen atoms in total. The molecule has 0 aliphatic rings. The van der Waals surface area contributed by atoms with Crippen LogP contribution in [0.3, 0.4) is 0 Å². The predicted octanol–water partition coefficient (Wildman–Crippen LogP) is 2.91. The Balaban J connectivity index is 1.99. The first-order valence-electron chi connectivity index (χ1n) is 5.02. The number of nitrogens with one attached hydrogen (secondary N) is 1. The molecule has 0 unspecified atom stereocenters. The van der Waals surface area contributed by atoms with Crippen LogP contribution in [0.15, 0.2) is 35.7 Å². The van der Waals surface area contributed by atoms with Gasteiger partial charge in [0.1, 0.15) is 4.88 Å². The minimum absolute atomic E-state index is 0.160. The largest absolute Gasteiger partial charge is 0.399 e.